The highest BCUT2D eigenvalue weighted by Gasteiger charge is 2.24. The molecule has 3 aromatic rings. The predicted octanol–water partition coefficient (Wildman–Crippen LogP) is 4.79. The second-order valence-electron chi connectivity index (χ2n) is 8.10. The number of benzene rings is 1. The van der Waals surface area contributed by atoms with E-state index in [0.29, 0.717) is 11.8 Å². The molecule has 0 aliphatic heterocycles. The third-order valence-corrected chi connectivity index (χ3v) is 6.62. The normalized spacial score (nSPS) is 15.0. The number of aryl methyl sites for hydroxylation is 1. The fraction of sp³-hybridized carbons (Fsp3) is 0.375. The van der Waals surface area contributed by atoms with Crippen LogP contribution in [0.3, 0.4) is 0 Å². The van der Waals surface area contributed by atoms with Crippen molar-refractivity contribution in [3.05, 3.63) is 59.9 Å². The third-order valence-electron chi connectivity index (χ3n) is 5.67. The molecule has 1 aromatic carbocycles. The molecular formula is C24H28N6OS. The van der Waals surface area contributed by atoms with E-state index in [1.165, 1.54) is 36.6 Å². The number of hydrazone groups is 1. The van der Waals surface area contributed by atoms with Crippen LogP contribution in [0, 0.1) is 6.92 Å². The Morgan fingerprint density at radius 3 is 2.66 bits per heavy atom. The van der Waals surface area contributed by atoms with Gasteiger partial charge in [0.25, 0.3) is 5.91 Å². The number of amides is 1. The zero-order valence-corrected chi connectivity index (χ0v) is 19.3. The molecule has 7 nitrogen and oxygen atoms in total. The highest BCUT2D eigenvalue weighted by Crippen LogP contribution is 2.35. The van der Waals surface area contributed by atoms with Gasteiger partial charge in [0.05, 0.1) is 11.5 Å². The summed E-state index contributed by atoms with van der Waals surface area (Å²) in [6, 6.07) is 12.5. The molecule has 1 aliphatic rings. The van der Waals surface area contributed by atoms with Crippen molar-refractivity contribution in [2.75, 3.05) is 5.75 Å². The van der Waals surface area contributed by atoms with Gasteiger partial charge in [-0.25, -0.2) is 5.43 Å². The molecule has 4 rings (SSSR count). The van der Waals surface area contributed by atoms with Crippen molar-refractivity contribution >= 4 is 23.4 Å². The Morgan fingerprint density at radius 1 is 1.16 bits per heavy atom. The number of pyridine rings is 1. The molecule has 2 aromatic heterocycles. The number of rotatable bonds is 7. The molecule has 1 N–H and O–H groups in total. The second-order valence-corrected chi connectivity index (χ2v) is 9.04. The molecule has 2 heterocycles. The van der Waals surface area contributed by atoms with Gasteiger partial charge in [-0.15, -0.1) is 10.2 Å². The number of aromatic nitrogens is 4. The maximum atomic E-state index is 12.4. The number of hydrogen-bond acceptors (Lipinski definition) is 6. The summed E-state index contributed by atoms with van der Waals surface area (Å²) in [5.74, 6) is 0.932. The van der Waals surface area contributed by atoms with Gasteiger partial charge >= 0.3 is 0 Å². The number of nitrogens with one attached hydrogen (secondary N) is 1. The Balaban J connectivity index is 1.48. The Morgan fingerprint density at radius 2 is 1.94 bits per heavy atom. The van der Waals surface area contributed by atoms with Gasteiger partial charge in [-0.2, -0.15) is 5.10 Å². The fourth-order valence-corrected chi connectivity index (χ4v) is 4.69. The van der Waals surface area contributed by atoms with Crippen molar-refractivity contribution in [2.24, 2.45) is 5.10 Å². The van der Waals surface area contributed by atoms with E-state index in [9.17, 15) is 4.79 Å². The monoisotopic (exact) mass is 448 g/mol. The predicted molar refractivity (Wildman–Crippen MR) is 128 cm³/mol. The first-order valence-electron chi connectivity index (χ1n) is 11.0. The summed E-state index contributed by atoms with van der Waals surface area (Å²) >= 11 is 1.41. The van der Waals surface area contributed by atoms with E-state index in [2.05, 4.69) is 61.5 Å². The van der Waals surface area contributed by atoms with E-state index < -0.39 is 0 Å². The lowest BCUT2D eigenvalue weighted by molar-refractivity contribution is -0.118. The van der Waals surface area contributed by atoms with Crippen LogP contribution in [0.15, 0.2) is 59.0 Å². The van der Waals surface area contributed by atoms with Crippen LogP contribution in [-0.4, -0.2) is 37.1 Å². The lowest BCUT2D eigenvalue weighted by atomic mass is 9.95. The first kappa shape index (κ1) is 22.2. The molecule has 166 valence electrons. The summed E-state index contributed by atoms with van der Waals surface area (Å²) < 4.78 is 2.24. The number of carbonyl (C=O) groups excluding carboxylic acids is 1. The third kappa shape index (κ3) is 5.43. The molecular weight excluding hydrogens is 420 g/mol. The van der Waals surface area contributed by atoms with Crippen LogP contribution in [0.5, 0.6) is 0 Å². The smallest absolute Gasteiger partial charge is 0.250 e. The van der Waals surface area contributed by atoms with Crippen LogP contribution >= 0.6 is 11.8 Å². The summed E-state index contributed by atoms with van der Waals surface area (Å²) in [4.78, 5) is 16.5. The lowest BCUT2D eigenvalue weighted by Gasteiger charge is -2.25. The van der Waals surface area contributed by atoms with Crippen molar-refractivity contribution in [3.8, 4) is 11.4 Å². The minimum absolute atomic E-state index is 0.173. The van der Waals surface area contributed by atoms with Crippen LogP contribution < -0.4 is 5.43 Å². The topological polar surface area (TPSA) is 85.1 Å². The van der Waals surface area contributed by atoms with Gasteiger partial charge in [0.1, 0.15) is 0 Å². The molecule has 8 heteroatoms. The minimum atomic E-state index is -0.173. The molecule has 0 bridgehead atoms. The SMILES string of the molecule is C/C(=N/NC(=O)CSc1nnc(-c2ccc(C)cc2)n1C1CCCCC1)c1cccnc1. The fourth-order valence-electron chi connectivity index (χ4n) is 3.89. The molecule has 1 saturated carbocycles. The van der Waals surface area contributed by atoms with E-state index >= 15 is 0 Å². The number of nitrogens with zero attached hydrogens (tertiary/aromatic N) is 5. The summed E-state index contributed by atoms with van der Waals surface area (Å²) in [7, 11) is 0. The van der Waals surface area contributed by atoms with Crippen LogP contribution in [0.1, 0.15) is 56.2 Å². The molecule has 0 atom stereocenters. The minimum Gasteiger partial charge on any atom is -0.299 e. The van der Waals surface area contributed by atoms with Crippen molar-refractivity contribution in [1.82, 2.24) is 25.2 Å². The Labute approximate surface area is 192 Å². The Bertz CT molecular complexity index is 1070. The molecule has 1 fully saturated rings. The molecule has 1 aliphatic carbocycles. The summed E-state index contributed by atoms with van der Waals surface area (Å²) in [6.07, 6.45) is 9.36. The van der Waals surface area contributed by atoms with Gasteiger partial charge in [0.15, 0.2) is 11.0 Å². The average Bonchev–Trinajstić information content (AvgIpc) is 3.26. The molecule has 0 radical (unpaired) electrons. The van der Waals surface area contributed by atoms with Gasteiger partial charge in [0, 0.05) is 29.6 Å². The quantitative estimate of drug-likeness (QED) is 0.319. The zero-order valence-electron chi connectivity index (χ0n) is 18.5. The molecule has 0 spiro atoms. The summed E-state index contributed by atoms with van der Waals surface area (Å²) in [5, 5.41) is 14.0. The molecule has 1 amide bonds. The van der Waals surface area contributed by atoms with Crippen LogP contribution in [-0.2, 0) is 4.79 Å². The Kier molecular flexibility index (Phi) is 7.32. The highest BCUT2D eigenvalue weighted by molar-refractivity contribution is 7.99. The summed E-state index contributed by atoms with van der Waals surface area (Å²) in [6.45, 7) is 3.92. The lowest BCUT2D eigenvalue weighted by Crippen LogP contribution is -2.22. The maximum Gasteiger partial charge on any atom is 0.250 e. The van der Waals surface area contributed by atoms with Crippen LogP contribution in [0.25, 0.3) is 11.4 Å². The number of carbonyl (C=O) groups is 1. The molecule has 0 unspecified atom stereocenters. The highest BCUT2D eigenvalue weighted by atomic mass is 32.2. The van der Waals surface area contributed by atoms with Crippen molar-refractivity contribution in [1.29, 1.82) is 0 Å². The van der Waals surface area contributed by atoms with Gasteiger partial charge in [-0.3, -0.25) is 14.3 Å². The maximum absolute atomic E-state index is 12.4. The Hall–Kier alpha value is -3.00. The van der Waals surface area contributed by atoms with E-state index in [-0.39, 0.29) is 11.7 Å². The zero-order chi connectivity index (χ0) is 22.3. The van der Waals surface area contributed by atoms with Gasteiger partial charge in [-0.05, 0) is 32.8 Å². The van der Waals surface area contributed by atoms with Gasteiger partial charge in [-0.1, -0.05) is 66.9 Å². The first-order chi connectivity index (χ1) is 15.6. The number of hydrogen-bond donors (Lipinski definition) is 1. The van der Waals surface area contributed by atoms with Crippen molar-refractivity contribution in [2.45, 2.75) is 57.1 Å². The van der Waals surface area contributed by atoms with Crippen molar-refractivity contribution in [3.63, 3.8) is 0 Å². The largest absolute Gasteiger partial charge is 0.299 e. The van der Waals surface area contributed by atoms with Gasteiger partial charge in [0.2, 0.25) is 0 Å². The molecule has 0 saturated heterocycles. The van der Waals surface area contributed by atoms with Crippen molar-refractivity contribution < 1.29 is 4.79 Å². The van der Waals surface area contributed by atoms with Crippen LogP contribution in [0.4, 0.5) is 0 Å². The van der Waals surface area contributed by atoms with E-state index in [4.69, 9.17) is 0 Å². The van der Waals surface area contributed by atoms with E-state index in [1.807, 2.05) is 19.1 Å². The summed E-state index contributed by atoms with van der Waals surface area (Å²) in [5.41, 5.74) is 6.50. The first-order valence-corrected chi connectivity index (χ1v) is 12.0. The van der Waals surface area contributed by atoms with E-state index in [1.54, 1.807) is 12.4 Å². The molecule has 32 heavy (non-hydrogen) atoms. The van der Waals surface area contributed by atoms with E-state index in [0.717, 1.165) is 34.9 Å². The van der Waals surface area contributed by atoms with Gasteiger partial charge < -0.3 is 0 Å². The van der Waals surface area contributed by atoms with Crippen LogP contribution in [0.2, 0.25) is 0 Å². The average molecular weight is 449 g/mol. The standard InChI is InChI=1S/C24H28N6OS/c1-17-10-12-19(13-11-17)23-28-29-24(30(23)21-8-4-3-5-9-21)32-16-22(31)27-26-18(2)20-7-6-14-25-15-20/h6-7,10-15,21H,3-5,8-9,16H2,1-2H3,(H,27,31)/b26-18-. The second kappa shape index (κ2) is 10.5. The number of thioether (sulfide) groups is 1.